The molecule has 0 bridgehead atoms. The first-order chi connectivity index (χ1) is 11.8. The van der Waals surface area contributed by atoms with Crippen LogP contribution in [0.1, 0.15) is 77.3 Å². The van der Waals surface area contributed by atoms with Gasteiger partial charge in [0.2, 0.25) is 5.91 Å². The lowest BCUT2D eigenvalue weighted by Gasteiger charge is -2.52. The second-order valence-corrected chi connectivity index (χ2v) is 8.93. The highest BCUT2D eigenvalue weighted by Gasteiger charge is 2.51. The van der Waals surface area contributed by atoms with Gasteiger partial charge in [-0.3, -0.25) is 4.79 Å². The summed E-state index contributed by atoms with van der Waals surface area (Å²) in [7, 11) is 0. The minimum absolute atomic E-state index is 0.0698. The molecule has 1 aliphatic carbocycles. The van der Waals surface area contributed by atoms with Gasteiger partial charge < -0.3 is 10.1 Å². The molecule has 3 rings (SSSR count). The van der Waals surface area contributed by atoms with Crippen molar-refractivity contribution in [1.29, 1.82) is 0 Å². The van der Waals surface area contributed by atoms with E-state index in [2.05, 4.69) is 51.2 Å². The van der Waals surface area contributed by atoms with Crippen molar-refractivity contribution in [2.75, 3.05) is 13.2 Å². The molecule has 3 heteroatoms. The van der Waals surface area contributed by atoms with Gasteiger partial charge in [0.1, 0.15) is 5.75 Å². The lowest BCUT2D eigenvalue weighted by molar-refractivity contribution is -0.120. The van der Waals surface area contributed by atoms with E-state index >= 15 is 0 Å². The number of benzene rings is 1. The van der Waals surface area contributed by atoms with Crippen LogP contribution in [0, 0.1) is 11.3 Å². The SMILES string of the molecule is CC(=O)NCC1(C)CCCC2(C)c3ccc(C(C)C)cc3OCCC12. The van der Waals surface area contributed by atoms with Crippen LogP contribution in [0.4, 0.5) is 0 Å². The summed E-state index contributed by atoms with van der Waals surface area (Å²) in [5, 5.41) is 3.09. The van der Waals surface area contributed by atoms with E-state index in [9.17, 15) is 4.79 Å². The Labute approximate surface area is 152 Å². The minimum Gasteiger partial charge on any atom is -0.493 e. The van der Waals surface area contributed by atoms with Crippen molar-refractivity contribution >= 4 is 5.91 Å². The van der Waals surface area contributed by atoms with Crippen LogP contribution in [-0.2, 0) is 10.2 Å². The molecule has 1 aromatic rings. The zero-order valence-corrected chi connectivity index (χ0v) is 16.4. The average molecular weight is 344 g/mol. The molecule has 0 spiro atoms. The van der Waals surface area contributed by atoms with Crippen molar-refractivity contribution in [3.63, 3.8) is 0 Å². The van der Waals surface area contributed by atoms with Crippen molar-refractivity contribution in [2.45, 2.75) is 71.6 Å². The van der Waals surface area contributed by atoms with Crippen LogP contribution in [0.25, 0.3) is 0 Å². The molecule has 1 saturated carbocycles. The van der Waals surface area contributed by atoms with E-state index in [4.69, 9.17) is 4.74 Å². The molecule has 0 saturated heterocycles. The molecular formula is C22H33NO2. The Morgan fingerprint density at radius 3 is 2.76 bits per heavy atom. The van der Waals surface area contributed by atoms with Gasteiger partial charge in [-0.2, -0.15) is 0 Å². The summed E-state index contributed by atoms with van der Waals surface area (Å²) in [6, 6.07) is 6.85. The number of carbonyl (C=O) groups is 1. The Bertz CT molecular complexity index is 653. The summed E-state index contributed by atoms with van der Waals surface area (Å²) >= 11 is 0. The van der Waals surface area contributed by atoms with Crippen molar-refractivity contribution < 1.29 is 9.53 Å². The number of rotatable bonds is 3. The van der Waals surface area contributed by atoms with Gasteiger partial charge >= 0.3 is 0 Å². The van der Waals surface area contributed by atoms with Gasteiger partial charge in [-0.1, -0.05) is 46.2 Å². The normalized spacial score (nSPS) is 31.5. The van der Waals surface area contributed by atoms with E-state index in [1.807, 2.05) is 0 Å². The maximum absolute atomic E-state index is 11.5. The summed E-state index contributed by atoms with van der Waals surface area (Å²) in [5.74, 6) is 2.18. The number of fused-ring (bicyclic) bond motifs is 3. The number of nitrogens with one attached hydrogen (secondary N) is 1. The first-order valence-electron chi connectivity index (χ1n) is 9.78. The highest BCUT2D eigenvalue weighted by atomic mass is 16.5. The fourth-order valence-electron chi connectivity index (χ4n) is 5.28. The fraction of sp³-hybridized carbons (Fsp3) is 0.682. The first kappa shape index (κ1) is 18.3. The summed E-state index contributed by atoms with van der Waals surface area (Å²) in [4.78, 5) is 11.5. The summed E-state index contributed by atoms with van der Waals surface area (Å²) < 4.78 is 6.23. The topological polar surface area (TPSA) is 38.3 Å². The second kappa shape index (κ2) is 6.66. The third-order valence-corrected chi connectivity index (χ3v) is 6.75. The Morgan fingerprint density at radius 2 is 2.08 bits per heavy atom. The lowest BCUT2D eigenvalue weighted by Crippen LogP contribution is -2.51. The zero-order valence-electron chi connectivity index (χ0n) is 16.4. The van der Waals surface area contributed by atoms with Gasteiger partial charge in [0.05, 0.1) is 6.61 Å². The maximum atomic E-state index is 11.5. The van der Waals surface area contributed by atoms with Gasteiger partial charge in [-0.15, -0.1) is 0 Å². The number of amides is 1. The quantitative estimate of drug-likeness (QED) is 0.856. The lowest BCUT2D eigenvalue weighted by atomic mass is 9.53. The van der Waals surface area contributed by atoms with E-state index in [1.165, 1.54) is 30.4 Å². The highest BCUT2D eigenvalue weighted by Crippen LogP contribution is 2.56. The molecule has 1 fully saturated rings. The molecule has 2 aliphatic rings. The Balaban J connectivity index is 2.00. The van der Waals surface area contributed by atoms with Crippen molar-refractivity contribution in [2.24, 2.45) is 11.3 Å². The summed E-state index contributed by atoms with van der Waals surface area (Å²) in [5.41, 5.74) is 2.96. The van der Waals surface area contributed by atoms with Crippen LogP contribution in [0.2, 0.25) is 0 Å². The largest absolute Gasteiger partial charge is 0.493 e. The van der Waals surface area contributed by atoms with Crippen molar-refractivity contribution in [3.05, 3.63) is 29.3 Å². The third-order valence-electron chi connectivity index (χ3n) is 6.75. The molecule has 0 radical (unpaired) electrons. The van der Waals surface area contributed by atoms with Crippen LogP contribution >= 0.6 is 0 Å². The van der Waals surface area contributed by atoms with Crippen LogP contribution < -0.4 is 10.1 Å². The standard InChI is InChI=1S/C22H33NO2/c1-15(2)17-7-8-18-19(13-17)25-12-9-20-21(4,14-23-16(3)24)10-6-11-22(18,20)5/h7-8,13,15,20H,6,9-12,14H2,1-5H3,(H,23,24). The smallest absolute Gasteiger partial charge is 0.216 e. The molecule has 1 aromatic carbocycles. The molecule has 1 heterocycles. The predicted molar refractivity (Wildman–Crippen MR) is 102 cm³/mol. The van der Waals surface area contributed by atoms with E-state index in [-0.39, 0.29) is 16.7 Å². The van der Waals surface area contributed by atoms with Crippen LogP contribution in [-0.4, -0.2) is 19.1 Å². The zero-order chi connectivity index (χ0) is 18.2. The summed E-state index contributed by atoms with van der Waals surface area (Å²) in [6.07, 6.45) is 4.63. The molecule has 0 aromatic heterocycles. The monoisotopic (exact) mass is 343 g/mol. The first-order valence-corrected chi connectivity index (χ1v) is 9.78. The Morgan fingerprint density at radius 1 is 1.32 bits per heavy atom. The molecule has 1 amide bonds. The molecule has 25 heavy (non-hydrogen) atoms. The Kier molecular flexibility index (Phi) is 4.87. The number of carbonyl (C=O) groups excluding carboxylic acids is 1. The van der Waals surface area contributed by atoms with Gasteiger partial charge in [0.25, 0.3) is 0 Å². The number of ether oxygens (including phenoxy) is 1. The number of hydrogen-bond acceptors (Lipinski definition) is 2. The third kappa shape index (κ3) is 3.30. The molecule has 3 atom stereocenters. The van der Waals surface area contributed by atoms with E-state index in [0.29, 0.717) is 11.8 Å². The highest BCUT2D eigenvalue weighted by molar-refractivity contribution is 5.72. The Hall–Kier alpha value is -1.51. The summed E-state index contributed by atoms with van der Waals surface area (Å²) in [6.45, 7) is 12.4. The van der Waals surface area contributed by atoms with E-state index < -0.39 is 0 Å². The molecule has 1 N–H and O–H groups in total. The maximum Gasteiger partial charge on any atom is 0.216 e. The molecule has 1 aliphatic heterocycles. The predicted octanol–water partition coefficient (Wildman–Crippen LogP) is 4.79. The number of hydrogen-bond donors (Lipinski definition) is 1. The molecule has 3 unspecified atom stereocenters. The van der Waals surface area contributed by atoms with Crippen LogP contribution in [0.15, 0.2) is 18.2 Å². The average Bonchev–Trinajstić information content (AvgIpc) is 2.70. The van der Waals surface area contributed by atoms with Gasteiger partial charge in [-0.05, 0) is 53.6 Å². The van der Waals surface area contributed by atoms with E-state index in [1.54, 1.807) is 6.92 Å². The van der Waals surface area contributed by atoms with Gasteiger partial charge in [0.15, 0.2) is 0 Å². The fourth-order valence-corrected chi connectivity index (χ4v) is 5.28. The van der Waals surface area contributed by atoms with Gasteiger partial charge in [-0.25, -0.2) is 0 Å². The van der Waals surface area contributed by atoms with Crippen molar-refractivity contribution in [3.8, 4) is 5.75 Å². The van der Waals surface area contributed by atoms with Gasteiger partial charge in [0, 0.05) is 19.0 Å². The van der Waals surface area contributed by atoms with E-state index in [0.717, 1.165) is 25.3 Å². The minimum atomic E-state index is 0.0698. The van der Waals surface area contributed by atoms with Crippen LogP contribution in [0.3, 0.4) is 0 Å². The molecule has 3 nitrogen and oxygen atoms in total. The molecular weight excluding hydrogens is 310 g/mol. The molecule has 138 valence electrons. The van der Waals surface area contributed by atoms with Crippen LogP contribution in [0.5, 0.6) is 5.75 Å². The van der Waals surface area contributed by atoms with Crippen molar-refractivity contribution in [1.82, 2.24) is 5.32 Å². The second-order valence-electron chi connectivity index (χ2n) is 8.93.